The summed E-state index contributed by atoms with van der Waals surface area (Å²) in [5.41, 5.74) is -9.89. The predicted octanol–water partition coefficient (Wildman–Crippen LogP) is 3.88. The maximum atomic E-state index is 13.6. The Morgan fingerprint density at radius 2 is 1.38 bits per heavy atom. The van der Waals surface area contributed by atoms with Gasteiger partial charge in [0.25, 0.3) is 5.79 Å². The first-order valence-electron chi connectivity index (χ1n) is 20.6. The van der Waals surface area contributed by atoms with Crippen LogP contribution < -0.4 is 0 Å². The Hall–Kier alpha value is -1.83. The average Bonchev–Trinajstić information content (AvgIpc) is 3.27. The van der Waals surface area contributed by atoms with Gasteiger partial charge in [-0.25, -0.2) is 0 Å². The molecular formula is C41H65NO11. The number of nitrogens with zero attached hydrogens (tertiary/aromatic N) is 1. The zero-order valence-electron chi connectivity index (χ0n) is 33.4. The lowest BCUT2D eigenvalue weighted by Gasteiger charge is -2.68. The van der Waals surface area contributed by atoms with Gasteiger partial charge in [0, 0.05) is 55.1 Å². The summed E-state index contributed by atoms with van der Waals surface area (Å²) >= 11 is 0. The van der Waals surface area contributed by atoms with E-state index in [1.807, 2.05) is 13.8 Å². The number of aliphatic hydroxyl groups is 4. The van der Waals surface area contributed by atoms with Crippen LogP contribution in [0, 0.1) is 46.8 Å². The van der Waals surface area contributed by atoms with E-state index in [-0.39, 0.29) is 25.3 Å². The Morgan fingerprint density at radius 1 is 0.774 bits per heavy atom. The number of carbonyl (C=O) groups is 3. The summed E-state index contributed by atoms with van der Waals surface area (Å²) in [5.74, 6) is -6.40. The molecule has 1 spiro atoms. The Labute approximate surface area is 314 Å². The summed E-state index contributed by atoms with van der Waals surface area (Å²) in [6.07, 6.45) is 1.64. The smallest absolute Gasteiger partial charge is 0.311 e. The molecule has 3 aliphatic heterocycles. The highest BCUT2D eigenvalue weighted by molar-refractivity contribution is 5.74. The van der Waals surface area contributed by atoms with Gasteiger partial charge in [-0.1, -0.05) is 55.4 Å². The van der Waals surface area contributed by atoms with Crippen LogP contribution in [0.5, 0.6) is 0 Å². The standard InChI is InChI=1S/C41H65NO11/c1-10-24(6)33(44)50-30-16-17-35(8)26-13-14-27-37(47)18-31(51-34(45)25(7)11-2)40(49)28(20-42-19-23(5)12-15-29(42)36(40,9)46)38(37,48)21-39(27,35)53-41(26,30)52-32(43)22(3)4/h22-31,46-49H,10-21H2,1-9H3/t23-,24?,25?,26?,27-,28-,29-,30-,31-,35-,36+,37+,38+,39?,40-,41-/m0/s1. The van der Waals surface area contributed by atoms with Gasteiger partial charge < -0.3 is 39.4 Å². The molecule has 4 bridgehead atoms. The van der Waals surface area contributed by atoms with Crippen molar-refractivity contribution in [3.05, 3.63) is 0 Å². The Bertz CT molecular complexity index is 1500. The third kappa shape index (κ3) is 4.96. The second-order valence-corrected chi connectivity index (χ2v) is 19.3. The summed E-state index contributed by atoms with van der Waals surface area (Å²) in [7, 11) is 0. The van der Waals surface area contributed by atoms with Gasteiger partial charge in [-0.3, -0.25) is 19.3 Å². The largest absolute Gasteiger partial charge is 0.459 e. The summed E-state index contributed by atoms with van der Waals surface area (Å²) < 4.78 is 26.2. The van der Waals surface area contributed by atoms with Crippen molar-refractivity contribution in [2.45, 2.75) is 179 Å². The second kappa shape index (κ2) is 12.6. The van der Waals surface area contributed by atoms with Crippen LogP contribution in [-0.2, 0) is 33.3 Å². The summed E-state index contributed by atoms with van der Waals surface area (Å²) in [6.45, 7) is 17.5. The number of piperidine rings is 2. The molecule has 4 N–H and O–H groups in total. The van der Waals surface area contributed by atoms with Gasteiger partial charge >= 0.3 is 17.9 Å². The van der Waals surface area contributed by atoms with E-state index in [0.717, 1.165) is 6.42 Å². The quantitative estimate of drug-likeness (QED) is 0.209. The molecule has 4 aliphatic carbocycles. The van der Waals surface area contributed by atoms with E-state index in [1.165, 1.54) is 0 Å². The first-order valence-corrected chi connectivity index (χ1v) is 20.6. The van der Waals surface area contributed by atoms with E-state index in [0.29, 0.717) is 57.4 Å². The zero-order valence-corrected chi connectivity index (χ0v) is 33.4. The molecule has 0 aromatic rings. The molecule has 0 radical (unpaired) electrons. The van der Waals surface area contributed by atoms with Crippen molar-refractivity contribution in [2.24, 2.45) is 46.8 Å². The number of rotatable bonds is 8. The molecule has 7 aliphatic rings. The minimum absolute atomic E-state index is 0.107. The van der Waals surface area contributed by atoms with Crippen molar-refractivity contribution < 1.29 is 53.8 Å². The van der Waals surface area contributed by atoms with Crippen LogP contribution in [0.15, 0.2) is 0 Å². The molecule has 53 heavy (non-hydrogen) atoms. The third-order valence-electron chi connectivity index (χ3n) is 16.3. The maximum absolute atomic E-state index is 13.6. The molecule has 7 fully saturated rings. The van der Waals surface area contributed by atoms with Gasteiger partial charge in [0.05, 0.1) is 23.4 Å². The van der Waals surface area contributed by atoms with E-state index in [4.69, 9.17) is 18.9 Å². The zero-order chi connectivity index (χ0) is 38.9. The molecule has 0 aromatic carbocycles. The van der Waals surface area contributed by atoms with Gasteiger partial charge in [0.1, 0.15) is 28.5 Å². The summed E-state index contributed by atoms with van der Waals surface area (Å²) in [6, 6.07) is -0.454. The van der Waals surface area contributed by atoms with Crippen LogP contribution in [0.3, 0.4) is 0 Å². The van der Waals surface area contributed by atoms with Crippen molar-refractivity contribution in [3.8, 4) is 0 Å². The second-order valence-electron chi connectivity index (χ2n) is 19.3. The summed E-state index contributed by atoms with van der Waals surface area (Å²) in [5, 5.41) is 52.8. The Kier molecular flexibility index (Phi) is 9.36. The van der Waals surface area contributed by atoms with Crippen molar-refractivity contribution >= 4 is 17.9 Å². The lowest BCUT2D eigenvalue weighted by atomic mass is 9.48. The van der Waals surface area contributed by atoms with Crippen molar-refractivity contribution in [1.29, 1.82) is 0 Å². The highest BCUT2D eigenvalue weighted by Crippen LogP contribution is 2.79. The van der Waals surface area contributed by atoms with E-state index >= 15 is 0 Å². The molecule has 0 aromatic heterocycles. The fourth-order valence-corrected chi connectivity index (χ4v) is 12.8. The van der Waals surface area contributed by atoms with E-state index in [1.54, 1.807) is 34.6 Å². The molecular weight excluding hydrogens is 682 g/mol. The SMILES string of the molecule is CCC(C)C(=O)O[C@H]1CC[C@@]2(C)C3CC[C@@H]4C2(C[C@@]2(O)[C@@H]5CN6C[C@@H](C)CC[C@H]6[C@@](C)(O)[C@@]5(O)[C@@H](OC(=O)C(C)CC)C[C@@]42O)O[C@@]31OC(=O)C(C)C. The molecule has 7 rings (SSSR count). The average molecular weight is 748 g/mol. The highest BCUT2D eigenvalue weighted by Gasteiger charge is 2.90. The number of hydrogen-bond acceptors (Lipinski definition) is 12. The monoisotopic (exact) mass is 747 g/mol. The molecule has 4 unspecified atom stereocenters. The number of hydrogen-bond donors (Lipinski definition) is 4. The van der Waals surface area contributed by atoms with Gasteiger partial charge in [0.15, 0.2) is 6.10 Å². The van der Waals surface area contributed by atoms with Crippen LogP contribution in [0.2, 0.25) is 0 Å². The topological polar surface area (TPSA) is 172 Å². The Balaban J connectivity index is 1.38. The Morgan fingerprint density at radius 3 is 1.98 bits per heavy atom. The molecule has 3 heterocycles. The maximum Gasteiger partial charge on any atom is 0.311 e. The fraction of sp³-hybridized carbons (Fsp3) is 0.927. The first kappa shape index (κ1) is 39.4. The first-order chi connectivity index (χ1) is 24.6. The number of fused-ring (bicyclic) bond motifs is 5. The van der Waals surface area contributed by atoms with Gasteiger partial charge in [-0.05, 0) is 64.2 Å². The van der Waals surface area contributed by atoms with Crippen LogP contribution in [-0.4, -0.2) is 108 Å². The van der Waals surface area contributed by atoms with Crippen molar-refractivity contribution in [2.75, 3.05) is 13.1 Å². The normalized spacial score (nSPS) is 50.9. The number of esters is 3. The van der Waals surface area contributed by atoms with Gasteiger partial charge in [0.2, 0.25) is 0 Å². The van der Waals surface area contributed by atoms with E-state index in [9.17, 15) is 34.8 Å². The number of ether oxygens (including phenoxy) is 4. The number of carbonyl (C=O) groups excluding carboxylic acids is 3. The fourth-order valence-electron chi connectivity index (χ4n) is 12.8. The van der Waals surface area contributed by atoms with Crippen molar-refractivity contribution in [1.82, 2.24) is 4.90 Å². The summed E-state index contributed by atoms with van der Waals surface area (Å²) in [4.78, 5) is 42.7. The highest BCUT2D eigenvalue weighted by atomic mass is 16.8. The molecule has 0 amide bonds. The van der Waals surface area contributed by atoms with Crippen LogP contribution in [0.4, 0.5) is 0 Å². The van der Waals surface area contributed by atoms with E-state index < -0.39 is 105 Å². The molecule has 12 heteroatoms. The molecule has 4 saturated carbocycles. The lowest BCUT2D eigenvalue weighted by Crippen LogP contribution is -2.85. The van der Waals surface area contributed by atoms with Crippen molar-refractivity contribution in [3.63, 3.8) is 0 Å². The predicted molar refractivity (Wildman–Crippen MR) is 192 cm³/mol. The lowest BCUT2D eigenvalue weighted by molar-refractivity contribution is -0.355. The third-order valence-corrected chi connectivity index (χ3v) is 16.3. The molecule has 12 nitrogen and oxygen atoms in total. The molecule has 16 atom stereocenters. The van der Waals surface area contributed by atoms with Gasteiger partial charge in [-0.2, -0.15) is 0 Å². The van der Waals surface area contributed by atoms with Crippen LogP contribution >= 0.6 is 0 Å². The molecule has 300 valence electrons. The van der Waals surface area contributed by atoms with Crippen LogP contribution in [0.25, 0.3) is 0 Å². The van der Waals surface area contributed by atoms with E-state index in [2.05, 4.69) is 18.7 Å². The minimum atomic E-state index is -2.12. The van der Waals surface area contributed by atoms with Gasteiger partial charge in [-0.15, -0.1) is 0 Å². The molecule has 3 saturated heterocycles. The minimum Gasteiger partial charge on any atom is -0.459 e. The van der Waals surface area contributed by atoms with Crippen LogP contribution in [0.1, 0.15) is 127 Å².